The number of amides is 2. The maximum atomic E-state index is 12.9. The van der Waals surface area contributed by atoms with Crippen molar-refractivity contribution in [2.45, 2.75) is 13.8 Å². The molecule has 0 atom stereocenters. The van der Waals surface area contributed by atoms with Crippen molar-refractivity contribution in [3.63, 3.8) is 0 Å². The highest BCUT2D eigenvalue weighted by Crippen LogP contribution is 2.17. The Balaban J connectivity index is 1.91. The van der Waals surface area contributed by atoms with Gasteiger partial charge in [-0.25, -0.2) is 4.68 Å². The number of fused-ring (bicyclic) bond motifs is 1. The molecule has 0 radical (unpaired) electrons. The topological polar surface area (TPSA) is 92.7 Å². The number of anilines is 1. The van der Waals surface area contributed by atoms with Crippen LogP contribution in [0, 0.1) is 0 Å². The molecule has 0 aliphatic rings. The zero-order chi connectivity index (χ0) is 23.1. The van der Waals surface area contributed by atoms with Gasteiger partial charge in [0.25, 0.3) is 17.4 Å². The number of benzene rings is 2. The third-order valence-electron chi connectivity index (χ3n) is 5.24. The van der Waals surface area contributed by atoms with Gasteiger partial charge in [-0.3, -0.25) is 19.8 Å². The fourth-order valence-electron chi connectivity index (χ4n) is 3.50. The Labute approximate surface area is 186 Å². The molecule has 0 saturated carbocycles. The first kappa shape index (κ1) is 23.0. The average molecular weight is 437 g/mol. The molecule has 0 aliphatic heterocycles. The highest BCUT2D eigenvalue weighted by atomic mass is 16.5. The fraction of sp³-hybridized carbons (Fsp3) is 0.292. The number of rotatable bonds is 9. The van der Waals surface area contributed by atoms with E-state index in [1.54, 1.807) is 43.5 Å². The van der Waals surface area contributed by atoms with Crippen LogP contribution in [0.3, 0.4) is 0 Å². The lowest BCUT2D eigenvalue weighted by Gasteiger charge is -2.21. The van der Waals surface area contributed by atoms with E-state index in [9.17, 15) is 14.4 Å². The SMILES string of the molecule is CCN(CC)c1ccc(C(=O)Nn2cc(C(=O)NCCOC)c3ccccc3c2=O)cc1. The molecule has 8 heteroatoms. The number of methoxy groups -OCH3 is 1. The lowest BCUT2D eigenvalue weighted by atomic mass is 10.1. The molecule has 168 valence electrons. The summed E-state index contributed by atoms with van der Waals surface area (Å²) in [4.78, 5) is 40.6. The van der Waals surface area contributed by atoms with Crippen molar-refractivity contribution < 1.29 is 14.3 Å². The zero-order valence-corrected chi connectivity index (χ0v) is 18.6. The minimum absolute atomic E-state index is 0.286. The molecule has 3 rings (SSSR count). The van der Waals surface area contributed by atoms with Crippen molar-refractivity contribution in [2.24, 2.45) is 0 Å². The van der Waals surface area contributed by atoms with E-state index in [-0.39, 0.29) is 11.5 Å². The van der Waals surface area contributed by atoms with Gasteiger partial charge in [0.2, 0.25) is 0 Å². The monoisotopic (exact) mass is 436 g/mol. The Morgan fingerprint density at radius 2 is 1.62 bits per heavy atom. The summed E-state index contributed by atoms with van der Waals surface area (Å²) in [5.41, 5.74) is 3.90. The molecular weight excluding hydrogens is 408 g/mol. The van der Waals surface area contributed by atoms with Crippen LogP contribution in [0.1, 0.15) is 34.6 Å². The molecule has 2 N–H and O–H groups in total. The van der Waals surface area contributed by atoms with Crippen molar-refractivity contribution in [1.82, 2.24) is 9.99 Å². The summed E-state index contributed by atoms with van der Waals surface area (Å²) in [5.74, 6) is -0.802. The summed E-state index contributed by atoms with van der Waals surface area (Å²) in [6.45, 7) is 6.56. The number of nitrogens with one attached hydrogen (secondary N) is 2. The molecule has 3 aromatic rings. The Morgan fingerprint density at radius 1 is 0.969 bits per heavy atom. The minimum atomic E-state index is -0.445. The van der Waals surface area contributed by atoms with Crippen LogP contribution in [0.4, 0.5) is 5.69 Å². The number of carbonyl (C=O) groups is 2. The van der Waals surface area contributed by atoms with Crippen molar-refractivity contribution in [3.05, 3.63) is 76.2 Å². The third-order valence-corrected chi connectivity index (χ3v) is 5.24. The average Bonchev–Trinajstić information content (AvgIpc) is 2.82. The molecule has 1 aromatic heterocycles. The van der Waals surface area contributed by atoms with Crippen molar-refractivity contribution in [3.8, 4) is 0 Å². The number of aromatic nitrogens is 1. The van der Waals surface area contributed by atoms with Crippen molar-refractivity contribution in [2.75, 3.05) is 43.7 Å². The number of nitrogens with zero attached hydrogens (tertiary/aromatic N) is 2. The van der Waals surface area contributed by atoms with E-state index in [4.69, 9.17) is 4.74 Å². The van der Waals surface area contributed by atoms with E-state index >= 15 is 0 Å². The molecule has 0 spiro atoms. The highest BCUT2D eigenvalue weighted by molar-refractivity contribution is 6.07. The lowest BCUT2D eigenvalue weighted by molar-refractivity contribution is 0.0935. The molecule has 0 fully saturated rings. The van der Waals surface area contributed by atoms with Crippen LogP contribution in [0.25, 0.3) is 10.8 Å². The molecule has 2 amide bonds. The molecule has 0 saturated heterocycles. The van der Waals surface area contributed by atoms with E-state index in [0.717, 1.165) is 23.5 Å². The van der Waals surface area contributed by atoms with Gasteiger partial charge in [-0.05, 0) is 44.2 Å². The van der Waals surface area contributed by atoms with Gasteiger partial charge in [-0.1, -0.05) is 18.2 Å². The van der Waals surface area contributed by atoms with Crippen LogP contribution in [-0.2, 0) is 4.74 Å². The molecule has 32 heavy (non-hydrogen) atoms. The van der Waals surface area contributed by atoms with Crippen molar-refractivity contribution in [1.29, 1.82) is 0 Å². The summed E-state index contributed by atoms with van der Waals surface area (Å²) in [6, 6.07) is 14.0. The van der Waals surface area contributed by atoms with Gasteiger partial charge in [0.05, 0.1) is 12.2 Å². The Hall–Kier alpha value is -3.65. The zero-order valence-electron chi connectivity index (χ0n) is 18.6. The van der Waals surface area contributed by atoms with Gasteiger partial charge in [0.1, 0.15) is 0 Å². The predicted molar refractivity (Wildman–Crippen MR) is 126 cm³/mol. The first-order valence-electron chi connectivity index (χ1n) is 10.6. The first-order chi connectivity index (χ1) is 15.5. The van der Waals surface area contributed by atoms with Crippen LogP contribution in [-0.4, -0.2) is 49.8 Å². The number of ether oxygens (including phenoxy) is 1. The maximum Gasteiger partial charge on any atom is 0.277 e. The molecule has 0 bridgehead atoms. The van der Waals surface area contributed by atoms with Gasteiger partial charge < -0.3 is 15.0 Å². The van der Waals surface area contributed by atoms with E-state index in [0.29, 0.717) is 29.5 Å². The van der Waals surface area contributed by atoms with Crippen LogP contribution in [0.15, 0.2) is 59.5 Å². The minimum Gasteiger partial charge on any atom is -0.383 e. The van der Waals surface area contributed by atoms with Crippen LogP contribution >= 0.6 is 0 Å². The van der Waals surface area contributed by atoms with Gasteiger partial charge in [0, 0.05) is 55.0 Å². The van der Waals surface area contributed by atoms with E-state index in [2.05, 4.69) is 29.5 Å². The molecule has 8 nitrogen and oxygen atoms in total. The molecule has 0 aliphatic carbocycles. The number of pyridine rings is 1. The van der Waals surface area contributed by atoms with Gasteiger partial charge in [-0.2, -0.15) is 0 Å². The predicted octanol–water partition coefficient (Wildman–Crippen LogP) is 2.61. The largest absolute Gasteiger partial charge is 0.383 e. The van der Waals surface area contributed by atoms with E-state index in [1.165, 1.54) is 6.20 Å². The second kappa shape index (κ2) is 10.6. The third kappa shape index (κ3) is 4.97. The smallest absolute Gasteiger partial charge is 0.277 e. The summed E-state index contributed by atoms with van der Waals surface area (Å²) in [5, 5.41) is 3.61. The van der Waals surface area contributed by atoms with Gasteiger partial charge in [-0.15, -0.1) is 0 Å². The van der Waals surface area contributed by atoms with Crippen LogP contribution in [0.2, 0.25) is 0 Å². The van der Waals surface area contributed by atoms with Crippen LogP contribution in [0.5, 0.6) is 0 Å². The highest BCUT2D eigenvalue weighted by Gasteiger charge is 2.16. The van der Waals surface area contributed by atoms with Gasteiger partial charge >= 0.3 is 0 Å². The van der Waals surface area contributed by atoms with E-state index < -0.39 is 11.5 Å². The fourth-order valence-corrected chi connectivity index (χ4v) is 3.50. The second-order valence-corrected chi connectivity index (χ2v) is 7.17. The summed E-state index contributed by atoms with van der Waals surface area (Å²) in [6.07, 6.45) is 1.36. The lowest BCUT2D eigenvalue weighted by Crippen LogP contribution is -2.35. The molecule has 2 aromatic carbocycles. The molecule has 1 heterocycles. The standard InChI is InChI=1S/C24H28N4O4/c1-4-27(5-2)18-12-10-17(11-13-18)22(29)26-28-16-21(23(30)25-14-15-32-3)19-8-6-7-9-20(19)24(28)31/h6-13,16H,4-5,14-15H2,1-3H3,(H,25,30)(H,26,29). The molecular formula is C24H28N4O4. The van der Waals surface area contributed by atoms with Crippen LogP contribution < -0.4 is 21.2 Å². The maximum absolute atomic E-state index is 12.9. The first-order valence-corrected chi connectivity index (χ1v) is 10.6. The Morgan fingerprint density at radius 3 is 2.25 bits per heavy atom. The molecule has 0 unspecified atom stereocenters. The second-order valence-electron chi connectivity index (χ2n) is 7.17. The number of carbonyl (C=O) groups excluding carboxylic acids is 2. The van der Waals surface area contributed by atoms with E-state index in [1.807, 2.05) is 12.1 Å². The quantitative estimate of drug-likeness (QED) is 0.503. The summed E-state index contributed by atoms with van der Waals surface area (Å²) >= 11 is 0. The van der Waals surface area contributed by atoms with Gasteiger partial charge in [0.15, 0.2) is 0 Å². The Bertz CT molecular complexity index is 1150. The van der Waals surface area contributed by atoms with Crippen molar-refractivity contribution >= 4 is 28.3 Å². The number of hydrogen-bond acceptors (Lipinski definition) is 5. The number of hydrogen-bond donors (Lipinski definition) is 2. The summed E-state index contributed by atoms with van der Waals surface area (Å²) in [7, 11) is 1.55. The Kier molecular flexibility index (Phi) is 7.62. The normalized spacial score (nSPS) is 10.7. The summed E-state index contributed by atoms with van der Waals surface area (Å²) < 4.78 is 6.03.